The number of rotatable bonds is 16. The van der Waals surface area contributed by atoms with Gasteiger partial charge < -0.3 is 36.2 Å². The first kappa shape index (κ1) is 36.1. The monoisotopic (exact) mass is 590 g/mol. The highest BCUT2D eigenvalue weighted by Crippen LogP contribution is 2.06. The molecule has 16 nitrogen and oxygen atoms in total. The second-order valence-electron chi connectivity index (χ2n) is 10.1. The van der Waals surface area contributed by atoms with Crippen LogP contribution in [0.4, 0.5) is 0 Å². The molecule has 0 radical (unpaired) electrons. The summed E-state index contributed by atoms with van der Waals surface area (Å²) in [5.74, 6) is -3.75. The van der Waals surface area contributed by atoms with Crippen molar-refractivity contribution in [1.82, 2.24) is 30.2 Å². The summed E-state index contributed by atoms with van der Waals surface area (Å²) in [5.41, 5.74) is 0. The summed E-state index contributed by atoms with van der Waals surface area (Å²) in [6.07, 6.45) is -1.89. The van der Waals surface area contributed by atoms with E-state index < -0.39 is 30.1 Å². The molecule has 41 heavy (non-hydrogen) atoms. The molecular formula is C25H46N6O10. The normalized spacial score (nSPS) is 18.4. The quantitative estimate of drug-likeness (QED) is 0.0931. The SMILES string of the molecule is CCNC(=O)CC(O)CC(O)CCNC(=O)CN1CCN(CC(=O)O)CCN(CC(=O)O)CCN(CC(=O)O)CC1. The van der Waals surface area contributed by atoms with Crippen molar-refractivity contribution in [3.05, 3.63) is 0 Å². The van der Waals surface area contributed by atoms with Gasteiger partial charge in [0.05, 0.1) is 44.8 Å². The molecule has 1 rings (SSSR count). The van der Waals surface area contributed by atoms with Crippen molar-refractivity contribution in [3.63, 3.8) is 0 Å². The molecule has 16 heteroatoms. The summed E-state index contributed by atoms with van der Waals surface area (Å²) in [6, 6.07) is 0. The van der Waals surface area contributed by atoms with E-state index in [1.165, 1.54) is 0 Å². The van der Waals surface area contributed by atoms with Gasteiger partial charge in [-0.15, -0.1) is 0 Å². The molecule has 0 aromatic heterocycles. The summed E-state index contributed by atoms with van der Waals surface area (Å²) in [4.78, 5) is 65.0. The van der Waals surface area contributed by atoms with E-state index >= 15 is 0 Å². The van der Waals surface area contributed by atoms with Crippen LogP contribution < -0.4 is 10.6 Å². The fourth-order valence-corrected chi connectivity index (χ4v) is 4.42. The van der Waals surface area contributed by atoms with Crippen molar-refractivity contribution in [3.8, 4) is 0 Å². The van der Waals surface area contributed by atoms with Crippen LogP contribution in [0, 0.1) is 0 Å². The Kier molecular flexibility index (Phi) is 17.7. The van der Waals surface area contributed by atoms with Gasteiger partial charge in [-0.2, -0.15) is 0 Å². The maximum atomic E-state index is 12.7. The number of nitrogens with one attached hydrogen (secondary N) is 2. The van der Waals surface area contributed by atoms with Crippen LogP contribution in [0.1, 0.15) is 26.2 Å². The highest BCUT2D eigenvalue weighted by Gasteiger charge is 2.21. The van der Waals surface area contributed by atoms with Gasteiger partial charge >= 0.3 is 17.9 Å². The van der Waals surface area contributed by atoms with Gasteiger partial charge in [0.2, 0.25) is 11.8 Å². The minimum atomic E-state index is -1.04. The molecule has 7 N–H and O–H groups in total. The molecular weight excluding hydrogens is 544 g/mol. The molecule has 1 saturated heterocycles. The molecule has 0 aliphatic carbocycles. The van der Waals surface area contributed by atoms with Crippen LogP contribution in [0.2, 0.25) is 0 Å². The van der Waals surface area contributed by atoms with E-state index in [0.29, 0.717) is 32.7 Å². The van der Waals surface area contributed by atoms with Gasteiger partial charge in [-0.3, -0.25) is 43.6 Å². The minimum absolute atomic E-state index is 0.0121. The van der Waals surface area contributed by atoms with E-state index in [4.69, 9.17) is 0 Å². The van der Waals surface area contributed by atoms with E-state index in [9.17, 15) is 49.5 Å². The van der Waals surface area contributed by atoms with Crippen LogP contribution in [0.25, 0.3) is 0 Å². The molecule has 2 amide bonds. The Balaban J connectivity index is 2.73. The number of carbonyl (C=O) groups excluding carboxylic acids is 2. The van der Waals surface area contributed by atoms with Gasteiger partial charge in [0.15, 0.2) is 0 Å². The van der Waals surface area contributed by atoms with E-state index in [-0.39, 0.29) is 90.0 Å². The number of hydrogen-bond donors (Lipinski definition) is 7. The topological polar surface area (TPSA) is 224 Å². The van der Waals surface area contributed by atoms with E-state index in [2.05, 4.69) is 10.6 Å². The Morgan fingerprint density at radius 1 is 0.610 bits per heavy atom. The zero-order valence-corrected chi connectivity index (χ0v) is 23.7. The summed E-state index contributed by atoms with van der Waals surface area (Å²) in [6.45, 7) is 3.87. The first-order valence-electron chi connectivity index (χ1n) is 13.8. The molecule has 0 aromatic carbocycles. The number of aliphatic hydroxyl groups excluding tert-OH is 2. The maximum Gasteiger partial charge on any atom is 0.317 e. The van der Waals surface area contributed by atoms with Crippen molar-refractivity contribution >= 4 is 29.7 Å². The van der Waals surface area contributed by atoms with Gasteiger partial charge in [0.25, 0.3) is 0 Å². The van der Waals surface area contributed by atoms with Crippen molar-refractivity contribution in [2.45, 2.75) is 38.4 Å². The smallest absolute Gasteiger partial charge is 0.317 e. The lowest BCUT2D eigenvalue weighted by molar-refractivity contribution is -0.140. The lowest BCUT2D eigenvalue weighted by Crippen LogP contribution is -2.49. The molecule has 0 bridgehead atoms. The molecule has 0 saturated carbocycles. The van der Waals surface area contributed by atoms with Crippen molar-refractivity contribution in [1.29, 1.82) is 0 Å². The Hall–Kier alpha value is -2.89. The highest BCUT2D eigenvalue weighted by atomic mass is 16.4. The summed E-state index contributed by atoms with van der Waals surface area (Å²) < 4.78 is 0. The Bertz CT molecular complexity index is 816. The third-order valence-electron chi connectivity index (χ3n) is 6.51. The number of hydrogen-bond acceptors (Lipinski definition) is 11. The molecule has 1 aliphatic heterocycles. The van der Waals surface area contributed by atoms with E-state index in [1.807, 2.05) is 0 Å². The van der Waals surface area contributed by atoms with Gasteiger partial charge in [-0.05, 0) is 19.8 Å². The second-order valence-corrected chi connectivity index (χ2v) is 10.1. The third-order valence-corrected chi connectivity index (χ3v) is 6.51. The number of amides is 2. The number of aliphatic carboxylic acids is 3. The zero-order chi connectivity index (χ0) is 30.8. The average molecular weight is 591 g/mol. The first-order valence-corrected chi connectivity index (χ1v) is 13.8. The molecule has 1 heterocycles. The number of carboxylic acids is 3. The first-order chi connectivity index (χ1) is 19.4. The van der Waals surface area contributed by atoms with Crippen LogP contribution in [0.3, 0.4) is 0 Å². The van der Waals surface area contributed by atoms with Crippen molar-refractivity contribution in [2.75, 3.05) is 91.6 Å². The molecule has 0 aromatic rings. The van der Waals surface area contributed by atoms with Gasteiger partial charge in [-0.1, -0.05) is 0 Å². The molecule has 1 fully saturated rings. The molecule has 2 atom stereocenters. The Morgan fingerprint density at radius 2 is 1.00 bits per heavy atom. The summed E-state index contributed by atoms with van der Waals surface area (Å²) >= 11 is 0. The third kappa shape index (κ3) is 18.2. The van der Waals surface area contributed by atoms with Crippen LogP contribution in [0.5, 0.6) is 0 Å². The van der Waals surface area contributed by atoms with Gasteiger partial charge in [-0.25, -0.2) is 0 Å². The predicted octanol–water partition coefficient (Wildman–Crippen LogP) is -3.39. The zero-order valence-electron chi connectivity index (χ0n) is 23.7. The summed E-state index contributed by atoms with van der Waals surface area (Å²) in [5, 5.41) is 53.2. The lowest BCUT2D eigenvalue weighted by atomic mass is 10.1. The average Bonchev–Trinajstić information content (AvgIpc) is 2.84. The number of aliphatic hydroxyl groups is 2. The Morgan fingerprint density at radius 3 is 1.37 bits per heavy atom. The van der Waals surface area contributed by atoms with E-state index in [1.54, 1.807) is 26.5 Å². The van der Waals surface area contributed by atoms with Gasteiger partial charge in [0.1, 0.15) is 0 Å². The Labute approximate surface area is 239 Å². The van der Waals surface area contributed by atoms with Crippen molar-refractivity contribution < 1.29 is 49.5 Å². The fourth-order valence-electron chi connectivity index (χ4n) is 4.42. The second kappa shape index (κ2) is 20.1. The van der Waals surface area contributed by atoms with Crippen molar-refractivity contribution in [2.24, 2.45) is 0 Å². The molecule has 236 valence electrons. The van der Waals surface area contributed by atoms with E-state index in [0.717, 1.165) is 0 Å². The molecule has 2 unspecified atom stereocenters. The summed E-state index contributed by atoms with van der Waals surface area (Å²) in [7, 11) is 0. The predicted molar refractivity (Wildman–Crippen MR) is 146 cm³/mol. The van der Waals surface area contributed by atoms with Crippen LogP contribution >= 0.6 is 0 Å². The van der Waals surface area contributed by atoms with Gasteiger partial charge in [0, 0.05) is 65.4 Å². The number of carbonyl (C=O) groups is 5. The molecule has 1 aliphatic rings. The van der Waals surface area contributed by atoms with Crippen LogP contribution in [0.15, 0.2) is 0 Å². The van der Waals surface area contributed by atoms with Crippen LogP contribution in [-0.4, -0.2) is 179 Å². The standard InChI is InChI=1S/C25H46N6O10/c1-2-26-21(34)14-20(33)13-19(32)3-4-27-22(35)15-28-5-7-29(16-23(36)37)9-11-31(18-25(40)41)12-10-30(8-6-28)17-24(38)39/h19-20,32-33H,2-18H2,1H3,(H,26,34)(H,27,35)(H,36,37)(H,38,39)(H,40,41). The molecule has 0 spiro atoms. The van der Waals surface area contributed by atoms with Crippen LogP contribution in [-0.2, 0) is 24.0 Å². The lowest BCUT2D eigenvalue weighted by Gasteiger charge is -2.32. The number of nitrogens with zero attached hydrogens (tertiary/aromatic N) is 4. The number of carboxylic acid groups (broad SMARTS) is 3. The fraction of sp³-hybridized carbons (Fsp3) is 0.800. The highest BCUT2D eigenvalue weighted by molar-refractivity contribution is 5.78. The maximum absolute atomic E-state index is 12.7. The largest absolute Gasteiger partial charge is 0.480 e. The minimum Gasteiger partial charge on any atom is -0.480 e.